The number of nitrogen functional groups attached to an aromatic ring is 1. The first-order chi connectivity index (χ1) is 7.67. The number of nitrogens with one attached hydrogen (secondary N) is 1. The van der Waals surface area contributed by atoms with Crippen molar-refractivity contribution >= 4 is 23.1 Å². The fourth-order valence-electron chi connectivity index (χ4n) is 1.78. The van der Waals surface area contributed by atoms with E-state index < -0.39 is 0 Å². The average Bonchev–Trinajstić information content (AvgIpc) is 2.34. The van der Waals surface area contributed by atoms with Crippen molar-refractivity contribution in [2.75, 3.05) is 23.9 Å². The number of benzene rings is 1. The van der Waals surface area contributed by atoms with E-state index in [-0.39, 0.29) is 0 Å². The van der Waals surface area contributed by atoms with Crippen LogP contribution in [0, 0.1) is 0 Å². The van der Waals surface area contributed by atoms with Crippen LogP contribution < -0.4 is 11.1 Å². The zero-order chi connectivity index (χ0) is 12.0. The van der Waals surface area contributed by atoms with E-state index in [9.17, 15) is 0 Å². The Morgan fingerprint density at radius 2 is 1.88 bits per heavy atom. The van der Waals surface area contributed by atoms with Crippen LogP contribution in [0.2, 0.25) is 0 Å². The highest BCUT2D eigenvalue weighted by Gasteiger charge is 2.24. The fourth-order valence-corrected chi connectivity index (χ4v) is 2.57. The molecular formula is C13H22N2S. The molecule has 1 rings (SSSR count). The normalized spacial score (nSPS) is 11.4. The fraction of sp³-hybridized carbons (Fsp3) is 0.538. The summed E-state index contributed by atoms with van der Waals surface area (Å²) in [5.41, 5.74) is 7.77. The predicted molar refractivity (Wildman–Crippen MR) is 76.2 cm³/mol. The van der Waals surface area contributed by atoms with Crippen LogP contribution in [0.25, 0.3) is 0 Å². The maximum absolute atomic E-state index is 5.90. The molecule has 1 aromatic rings. The van der Waals surface area contributed by atoms with E-state index in [1.54, 1.807) is 0 Å². The van der Waals surface area contributed by atoms with E-state index in [1.165, 1.54) is 12.8 Å². The Balaban J connectivity index is 2.66. The van der Waals surface area contributed by atoms with E-state index in [0.717, 1.165) is 17.9 Å². The molecule has 3 N–H and O–H groups in total. The van der Waals surface area contributed by atoms with Crippen molar-refractivity contribution < 1.29 is 0 Å². The molecule has 0 bridgehead atoms. The summed E-state index contributed by atoms with van der Waals surface area (Å²) in [6.07, 6.45) is 4.53. The molecule has 0 aliphatic rings. The second-order valence-corrected chi connectivity index (χ2v) is 5.31. The molecule has 1 aromatic carbocycles. The van der Waals surface area contributed by atoms with Crippen molar-refractivity contribution in [3.8, 4) is 0 Å². The van der Waals surface area contributed by atoms with Gasteiger partial charge in [-0.3, -0.25) is 0 Å². The van der Waals surface area contributed by atoms with Gasteiger partial charge in [0.1, 0.15) is 0 Å². The molecule has 0 aromatic heterocycles. The monoisotopic (exact) mass is 238 g/mol. The lowest BCUT2D eigenvalue weighted by Gasteiger charge is -2.30. The molecule has 3 heteroatoms. The third-order valence-corrected chi connectivity index (χ3v) is 4.87. The lowest BCUT2D eigenvalue weighted by atomic mass is 10.0. The number of rotatable bonds is 6. The second-order valence-electron chi connectivity index (χ2n) is 4.04. The Morgan fingerprint density at radius 3 is 2.38 bits per heavy atom. The smallest absolute Gasteiger partial charge is 0.0574 e. The molecule has 0 saturated heterocycles. The Morgan fingerprint density at radius 1 is 1.25 bits per heavy atom. The summed E-state index contributed by atoms with van der Waals surface area (Å²) in [6.45, 7) is 5.46. The summed E-state index contributed by atoms with van der Waals surface area (Å²) in [5.74, 6) is 0. The van der Waals surface area contributed by atoms with E-state index in [1.807, 2.05) is 36.0 Å². The molecule has 0 heterocycles. The van der Waals surface area contributed by atoms with E-state index >= 15 is 0 Å². The van der Waals surface area contributed by atoms with Crippen molar-refractivity contribution in [2.24, 2.45) is 0 Å². The first-order valence-corrected chi connectivity index (χ1v) is 7.03. The molecule has 0 saturated carbocycles. The molecular weight excluding hydrogens is 216 g/mol. The number of anilines is 2. The predicted octanol–water partition coefficient (Wildman–Crippen LogP) is 3.60. The first-order valence-electron chi connectivity index (χ1n) is 5.81. The van der Waals surface area contributed by atoms with E-state index in [0.29, 0.717) is 4.75 Å². The average molecular weight is 238 g/mol. The summed E-state index contributed by atoms with van der Waals surface area (Å²) < 4.78 is 0.322. The van der Waals surface area contributed by atoms with Gasteiger partial charge in [-0.2, -0.15) is 11.8 Å². The van der Waals surface area contributed by atoms with Crippen LogP contribution in [0.1, 0.15) is 26.7 Å². The number of nitrogens with two attached hydrogens (primary N) is 1. The van der Waals surface area contributed by atoms with Crippen LogP contribution in [0.3, 0.4) is 0 Å². The molecule has 0 fully saturated rings. The van der Waals surface area contributed by atoms with Crippen molar-refractivity contribution in [2.45, 2.75) is 31.4 Å². The Kier molecular flexibility index (Phi) is 5.00. The summed E-state index contributed by atoms with van der Waals surface area (Å²) in [7, 11) is 0. The molecule has 0 amide bonds. The minimum Gasteiger partial charge on any atom is -0.397 e. The summed E-state index contributed by atoms with van der Waals surface area (Å²) in [4.78, 5) is 0. The maximum atomic E-state index is 5.90. The van der Waals surface area contributed by atoms with Crippen molar-refractivity contribution in [3.63, 3.8) is 0 Å². The largest absolute Gasteiger partial charge is 0.397 e. The molecule has 0 radical (unpaired) electrons. The minimum atomic E-state index is 0.322. The van der Waals surface area contributed by atoms with Gasteiger partial charge >= 0.3 is 0 Å². The maximum Gasteiger partial charge on any atom is 0.0574 e. The molecule has 0 atom stereocenters. The van der Waals surface area contributed by atoms with Gasteiger partial charge in [-0.15, -0.1) is 0 Å². The van der Waals surface area contributed by atoms with Crippen LogP contribution in [0.4, 0.5) is 11.4 Å². The van der Waals surface area contributed by atoms with Crippen molar-refractivity contribution in [1.29, 1.82) is 0 Å². The van der Waals surface area contributed by atoms with Gasteiger partial charge in [-0.1, -0.05) is 26.0 Å². The standard InChI is InChI=1S/C13H22N2S/c1-4-13(5-2,16-3)10-15-12-9-7-6-8-11(12)14/h6-9,15H,4-5,10,14H2,1-3H3. The van der Waals surface area contributed by atoms with E-state index in [2.05, 4.69) is 25.4 Å². The lowest BCUT2D eigenvalue weighted by Crippen LogP contribution is -2.32. The molecule has 16 heavy (non-hydrogen) atoms. The van der Waals surface area contributed by atoms with Crippen LogP contribution >= 0.6 is 11.8 Å². The quantitative estimate of drug-likeness (QED) is 0.744. The van der Waals surface area contributed by atoms with Crippen LogP contribution in [0.5, 0.6) is 0 Å². The Bertz CT molecular complexity index is 313. The van der Waals surface area contributed by atoms with Gasteiger partial charge in [-0.05, 0) is 31.2 Å². The van der Waals surface area contributed by atoms with Crippen LogP contribution in [-0.2, 0) is 0 Å². The van der Waals surface area contributed by atoms with Gasteiger partial charge in [0.05, 0.1) is 11.4 Å². The number of para-hydroxylation sites is 2. The van der Waals surface area contributed by atoms with Gasteiger partial charge in [0.15, 0.2) is 0 Å². The highest BCUT2D eigenvalue weighted by Crippen LogP contribution is 2.31. The van der Waals surface area contributed by atoms with E-state index in [4.69, 9.17) is 5.73 Å². The molecule has 2 nitrogen and oxygen atoms in total. The zero-order valence-corrected chi connectivity index (χ0v) is 11.2. The summed E-state index contributed by atoms with van der Waals surface area (Å²) in [5, 5.41) is 3.46. The molecule has 90 valence electrons. The number of thioether (sulfide) groups is 1. The van der Waals surface area contributed by atoms with Gasteiger partial charge in [0.25, 0.3) is 0 Å². The Hall–Kier alpha value is -0.830. The third-order valence-electron chi connectivity index (χ3n) is 3.28. The molecule has 0 aliphatic heterocycles. The topological polar surface area (TPSA) is 38.0 Å². The van der Waals surface area contributed by atoms with Crippen molar-refractivity contribution in [1.82, 2.24) is 0 Å². The van der Waals surface area contributed by atoms with Gasteiger partial charge in [0, 0.05) is 11.3 Å². The van der Waals surface area contributed by atoms with Crippen LogP contribution in [0.15, 0.2) is 24.3 Å². The van der Waals surface area contributed by atoms with Crippen molar-refractivity contribution in [3.05, 3.63) is 24.3 Å². The molecule has 0 aliphatic carbocycles. The number of hydrogen-bond acceptors (Lipinski definition) is 3. The lowest BCUT2D eigenvalue weighted by molar-refractivity contribution is 0.575. The highest BCUT2D eigenvalue weighted by molar-refractivity contribution is 8.00. The third kappa shape index (κ3) is 3.08. The minimum absolute atomic E-state index is 0.322. The highest BCUT2D eigenvalue weighted by atomic mass is 32.2. The zero-order valence-electron chi connectivity index (χ0n) is 10.4. The van der Waals surface area contributed by atoms with Gasteiger partial charge < -0.3 is 11.1 Å². The molecule has 0 spiro atoms. The number of hydrogen-bond donors (Lipinski definition) is 2. The van der Waals surface area contributed by atoms with Crippen LogP contribution in [-0.4, -0.2) is 17.5 Å². The second kappa shape index (κ2) is 6.04. The Labute approximate surface area is 103 Å². The SMILES string of the molecule is CCC(CC)(CNc1ccccc1N)SC. The van der Waals surface area contributed by atoms with Gasteiger partial charge in [-0.25, -0.2) is 0 Å². The van der Waals surface area contributed by atoms with Gasteiger partial charge in [0.2, 0.25) is 0 Å². The summed E-state index contributed by atoms with van der Waals surface area (Å²) in [6, 6.07) is 7.94. The molecule has 0 unspecified atom stereocenters. The first kappa shape index (κ1) is 13.2. The summed E-state index contributed by atoms with van der Waals surface area (Å²) >= 11 is 1.94.